The van der Waals surface area contributed by atoms with Crippen molar-refractivity contribution >= 4 is 17.4 Å². The van der Waals surface area contributed by atoms with E-state index in [1.165, 1.54) is 5.56 Å². The molecule has 2 aromatic carbocycles. The lowest BCUT2D eigenvalue weighted by Crippen LogP contribution is -2.38. The first-order valence-corrected chi connectivity index (χ1v) is 10.8. The van der Waals surface area contributed by atoms with Gasteiger partial charge in [0, 0.05) is 36.3 Å². The summed E-state index contributed by atoms with van der Waals surface area (Å²) in [4.78, 5) is 23.9. The fourth-order valence-electron chi connectivity index (χ4n) is 3.90. The monoisotopic (exact) mass is 416 g/mol. The quantitative estimate of drug-likeness (QED) is 0.631. The number of anilines is 2. The number of amides is 1. The molecule has 31 heavy (non-hydrogen) atoms. The predicted octanol–water partition coefficient (Wildman–Crippen LogP) is 4.71. The molecule has 0 aliphatic carbocycles. The third-order valence-corrected chi connectivity index (χ3v) is 5.59. The Morgan fingerprint density at radius 2 is 1.87 bits per heavy atom. The first kappa shape index (κ1) is 20.8. The Morgan fingerprint density at radius 1 is 1.10 bits per heavy atom. The van der Waals surface area contributed by atoms with Crippen LogP contribution >= 0.6 is 0 Å². The predicted molar refractivity (Wildman–Crippen MR) is 123 cm³/mol. The van der Waals surface area contributed by atoms with Gasteiger partial charge in [0.15, 0.2) is 0 Å². The molecule has 3 aromatic rings. The zero-order valence-corrected chi connectivity index (χ0v) is 18.0. The fourth-order valence-corrected chi connectivity index (χ4v) is 3.90. The normalized spacial score (nSPS) is 14.3. The summed E-state index contributed by atoms with van der Waals surface area (Å²) >= 11 is 0. The zero-order valence-electron chi connectivity index (χ0n) is 18.0. The van der Waals surface area contributed by atoms with Crippen LogP contribution in [0.15, 0.2) is 60.9 Å². The maximum atomic E-state index is 12.7. The van der Waals surface area contributed by atoms with Crippen LogP contribution in [0.2, 0.25) is 0 Å². The van der Waals surface area contributed by atoms with Crippen LogP contribution < -0.4 is 15.0 Å². The number of carbonyl (C=O) groups is 1. The smallest absolute Gasteiger partial charge is 0.227 e. The second-order valence-corrected chi connectivity index (χ2v) is 7.84. The van der Waals surface area contributed by atoms with Crippen molar-refractivity contribution < 1.29 is 9.53 Å². The van der Waals surface area contributed by atoms with Crippen molar-refractivity contribution in [2.24, 2.45) is 5.92 Å². The molecular weight excluding hydrogens is 388 g/mol. The molecule has 0 bridgehead atoms. The Balaban J connectivity index is 1.35. The number of benzene rings is 2. The van der Waals surface area contributed by atoms with Crippen LogP contribution in [0.5, 0.6) is 5.75 Å². The van der Waals surface area contributed by atoms with E-state index < -0.39 is 0 Å². The van der Waals surface area contributed by atoms with E-state index in [0.717, 1.165) is 54.4 Å². The van der Waals surface area contributed by atoms with Crippen LogP contribution in [0.1, 0.15) is 25.3 Å². The summed E-state index contributed by atoms with van der Waals surface area (Å²) in [6, 6.07) is 17.9. The van der Waals surface area contributed by atoms with E-state index in [9.17, 15) is 4.79 Å². The summed E-state index contributed by atoms with van der Waals surface area (Å²) in [5.74, 6) is 1.80. The highest BCUT2D eigenvalue weighted by atomic mass is 16.5. The molecule has 0 atom stereocenters. The second kappa shape index (κ2) is 9.60. The third kappa shape index (κ3) is 5.20. The summed E-state index contributed by atoms with van der Waals surface area (Å²) in [5.41, 5.74) is 4.02. The SMILES string of the molecule is CCOc1ccc(NC(=O)C2CCN(c3cc(-c4cccc(C)c4)ncn3)CC2)cc1. The average molecular weight is 417 g/mol. The number of ether oxygens (including phenoxy) is 1. The van der Waals surface area contributed by atoms with Gasteiger partial charge in [-0.05, 0) is 57.0 Å². The maximum Gasteiger partial charge on any atom is 0.227 e. The standard InChI is InChI=1S/C25H28N4O2/c1-3-31-22-9-7-21(8-10-22)28-25(30)19-11-13-29(14-12-19)24-16-23(26-17-27-24)20-6-4-5-18(2)15-20/h4-10,15-17,19H,3,11-14H2,1-2H3,(H,28,30). The minimum absolute atomic E-state index is 0.000832. The van der Waals surface area contributed by atoms with Crippen molar-refractivity contribution in [1.82, 2.24) is 9.97 Å². The number of nitrogens with zero attached hydrogens (tertiary/aromatic N) is 3. The molecule has 1 saturated heterocycles. The largest absolute Gasteiger partial charge is 0.494 e. The van der Waals surface area contributed by atoms with E-state index in [2.05, 4.69) is 45.3 Å². The highest BCUT2D eigenvalue weighted by Gasteiger charge is 2.26. The minimum atomic E-state index is 0.000832. The molecular formula is C25H28N4O2. The Morgan fingerprint density at radius 3 is 2.58 bits per heavy atom. The summed E-state index contributed by atoms with van der Waals surface area (Å²) in [6.45, 7) is 6.25. The first-order chi connectivity index (χ1) is 15.1. The van der Waals surface area contributed by atoms with Gasteiger partial charge in [-0.25, -0.2) is 9.97 Å². The van der Waals surface area contributed by atoms with Crippen molar-refractivity contribution in [1.29, 1.82) is 0 Å². The van der Waals surface area contributed by atoms with E-state index in [1.54, 1.807) is 6.33 Å². The number of aromatic nitrogens is 2. The summed E-state index contributed by atoms with van der Waals surface area (Å²) < 4.78 is 5.45. The highest BCUT2D eigenvalue weighted by Crippen LogP contribution is 2.26. The molecule has 6 heteroatoms. The lowest BCUT2D eigenvalue weighted by Gasteiger charge is -2.32. The van der Waals surface area contributed by atoms with Crippen LogP contribution in [-0.4, -0.2) is 35.6 Å². The maximum absolute atomic E-state index is 12.7. The molecule has 2 heterocycles. The van der Waals surface area contributed by atoms with Gasteiger partial charge >= 0.3 is 0 Å². The van der Waals surface area contributed by atoms with Crippen LogP contribution in [-0.2, 0) is 4.79 Å². The zero-order chi connectivity index (χ0) is 21.6. The molecule has 0 radical (unpaired) electrons. The van der Waals surface area contributed by atoms with E-state index in [1.807, 2.05) is 43.3 Å². The molecule has 6 nitrogen and oxygen atoms in total. The molecule has 1 aromatic heterocycles. The number of hydrogen-bond acceptors (Lipinski definition) is 5. The topological polar surface area (TPSA) is 67.3 Å². The third-order valence-electron chi connectivity index (χ3n) is 5.59. The Bertz CT molecular complexity index is 1030. The van der Waals surface area contributed by atoms with Gasteiger partial charge in [-0.1, -0.05) is 23.8 Å². The summed E-state index contributed by atoms with van der Waals surface area (Å²) in [6.07, 6.45) is 3.22. The first-order valence-electron chi connectivity index (χ1n) is 10.8. The number of hydrogen-bond donors (Lipinski definition) is 1. The van der Waals surface area contributed by atoms with E-state index in [-0.39, 0.29) is 11.8 Å². The van der Waals surface area contributed by atoms with Crippen LogP contribution in [0.3, 0.4) is 0 Å². The summed E-state index contributed by atoms with van der Waals surface area (Å²) in [7, 11) is 0. The molecule has 0 unspecified atom stereocenters. The van der Waals surface area contributed by atoms with Crippen LogP contribution in [0.4, 0.5) is 11.5 Å². The van der Waals surface area contributed by atoms with Crippen molar-refractivity contribution in [3.63, 3.8) is 0 Å². The molecule has 1 N–H and O–H groups in total. The van der Waals surface area contributed by atoms with Gasteiger partial charge in [0.25, 0.3) is 0 Å². The molecule has 4 rings (SSSR count). The molecule has 1 fully saturated rings. The van der Waals surface area contributed by atoms with E-state index in [0.29, 0.717) is 6.61 Å². The fraction of sp³-hybridized carbons (Fsp3) is 0.320. The van der Waals surface area contributed by atoms with Gasteiger partial charge in [-0.3, -0.25) is 4.79 Å². The van der Waals surface area contributed by atoms with Gasteiger partial charge < -0.3 is 15.0 Å². The van der Waals surface area contributed by atoms with Crippen molar-refractivity contribution in [2.75, 3.05) is 29.9 Å². The van der Waals surface area contributed by atoms with Gasteiger partial charge in [-0.15, -0.1) is 0 Å². The van der Waals surface area contributed by atoms with E-state index in [4.69, 9.17) is 4.74 Å². The Labute approximate surface area is 183 Å². The number of nitrogens with one attached hydrogen (secondary N) is 1. The minimum Gasteiger partial charge on any atom is -0.494 e. The van der Waals surface area contributed by atoms with Gasteiger partial charge in [0.2, 0.25) is 5.91 Å². The van der Waals surface area contributed by atoms with Gasteiger partial charge in [-0.2, -0.15) is 0 Å². The van der Waals surface area contributed by atoms with Crippen LogP contribution in [0, 0.1) is 12.8 Å². The van der Waals surface area contributed by atoms with Gasteiger partial charge in [0.1, 0.15) is 17.9 Å². The Kier molecular flexibility index (Phi) is 6.46. The van der Waals surface area contributed by atoms with Crippen molar-refractivity contribution in [3.05, 3.63) is 66.5 Å². The highest BCUT2D eigenvalue weighted by molar-refractivity contribution is 5.92. The van der Waals surface area contributed by atoms with Crippen molar-refractivity contribution in [2.45, 2.75) is 26.7 Å². The molecule has 0 spiro atoms. The molecule has 160 valence electrons. The van der Waals surface area contributed by atoms with Gasteiger partial charge in [0.05, 0.1) is 12.3 Å². The lowest BCUT2D eigenvalue weighted by molar-refractivity contribution is -0.120. The number of piperidine rings is 1. The van der Waals surface area contributed by atoms with Crippen LogP contribution in [0.25, 0.3) is 11.3 Å². The Hall–Kier alpha value is -3.41. The van der Waals surface area contributed by atoms with E-state index >= 15 is 0 Å². The second-order valence-electron chi connectivity index (χ2n) is 7.84. The molecule has 1 aliphatic heterocycles. The summed E-state index contributed by atoms with van der Waals surface area (Å²) in [5, 5.41) is 3.03. The lowest BCUT2D eigenvalue weighted by atomic mass is 9.95. The molecule has 1 amide bonds. The average Bonchev–Trinajstić information content (AvgIpc) is 2.81. The number of carbonyl (C=O) groups excluding carboxylic acids is 1. The number of rotatable bonds is 6. The number of aryl methyl sites for hydroxylation is 1. The van der Waals surface area contributed by atoms with Crippen molar-refractivity contribution in [3.8, 4) is 17.0 Å². The molecule has 1 aliphatic rings. The molecule has 0 saturated carbocycles.